The van der Waals surface area contributed by atoms with Gasteiger partial charge in [-0.05, 0) is 62.3 Å². The molecule has 1 saturated heterocycles. The van der Waals surface area contributed by atoms with Crippen LogP contribution >= 0.6 is 11.8 Å². The third kappa shape index (κ3) is 5.27. The Hall–Kier alpha value is -2.74. The summed E-state index contributed by atoms with van der Waals surface area (Å²) in [6.45, 7) is 5.77. The minimum Gasteiger partial charge on any atom is -0.326 e. The summed E-state index contributed by atoms with van der Waals surface area (Å²) < 4.78 is 1.85. The number of aromatic nitrogens is 1. The molecule has 8 heteroatoms. The van der Waals surface area contributed by atoms with Crippen molar-refractivity contribution in [3.8, 4) is 0 Å². The molecule has 0 radical (unpaired) electrons. The Kier molecular flexibility index (Phi) is 7.12. The van der Waals surface area contributed by atoms with Gasteiger partial charge in [0.1, 0.15) is 6.04 Å². The number of rotatable bonds is 6. The summed E-state index contributed by atoms with van der Waals surface area (Å²) in [5.74, 6) is 0.965. The lowest BCUT2D eigenvalue weighted by molar-refractivity contribution is -0.118. The Morgan fingerprint density at radius 1 is 1.15 bits per heavy atom. The van der Waals surface area contributed by atoms with E-state index in [2.05, 4.69) is 10.6 Å². The van der Waals surface area contributed by atoms with E-state index >= 15 is 0 Å². The number of hydrogen-bond donors (Lipinski definition) is 2. The fourth-order valence-electron chi connectivity index (χ4n) is 4.98. The summed E-state index contributed by atoms with van der Waals surface area (Å²) in [7, 11) is 0. The fourth-order valence-corrected chi connectivity index (χ4v) is 5.45. The van der Waals surface area contributed by atoms with E-state index < -0.39 is 6.04 Å². The molecule has 0 aliphatic carbocycles. The molecule has 2 N–H and O–H groups in total. The molecule has 0 spiro atoms. The summed E-state index contributed by atoms with van der Waals surface area (Å²) in [6, 6.07) is 10.5. The zero-order valence-corrected chi connectivity index (χ0v) is 20.3. The van der Waals surface area contributed by atoms with Gasteiger partial charge in [0.25, 0.3) is 5.56 Å². The Morgan fingerprint density at radius 3 is 2.73 bits per heavy atom. The molecule has 1 aromatic carbocycles. The monoisotopic (exact) mass is 468 g/mol. The number of nitrogens with one attached hydrogen (secondary N) is 2. The molecule has 2 bridgehead atoms. The molecule has 2 aromatic rings. The number of aryl methyl sites for hydroxylation is 2. The number of benzene rings is 1. The summed E-state index contributed by atoms with van der Waals surface area (Å²) >= 11 is 1.65. The molecule has 1 fully saturated rings. The molecule has 3 atom stereocenters. The van der Waals surface area contributed by atoms with Gasteiger partial charge >= 0.3 is 6.03 Å². The molecule has 4 rings (SSSR count). The normalized spacial score (nSPS) is 20.0. The molecular formula is C25H32N4O3S. The maximum atomic E-state index is 13.2. The number of fused-ring (bicyclic) bond motifs is 4. The number of likely N-dealkylation sites (tertiary alicyclic amines) is 1. The van der Waals surface area contributed by atoms with Gasteiger partial charge in [-0.3, -0.25) is 9.59 Å². The predicted molar refractivity (Wildman–Crippen MR) is 133 cm³/mol. The highest BCUT2D eigenvalue weighted by Gasteiger charge is 2.37. The number of amides is 3. The van der Waals surface area contributed by atoms with E-state index in [0.717, 1.165) is 34.7 Å². The van der Waals surface area contributed by atoms with Crippen molar-refractivity contribution in [1.29, 1.82) is 0 Å². The maximum Gasteiger partial charge on any atom is 0.318 e. The average Bonchev–Trinajstić information content (AvgIpc) is 2.79. The Balaban J connectivity index is 1.45. The van der Waals surface area contributed by atoms with Gasteiger partial charge in [0.15, 0.2) is 0 Å². The van der Waals surface area contributed by atoms with Gasteiger partial charge in [0.2, 0.25) is 5.91 Å². The van der Waals surface area contributed by atoms with Crippen LogP contribution < -0.4 is 16.2 Å². The second-order valence-corrected chi connectivity index (χ2v) is 10.2. The molecule has 3 amide bonds. The highest BCUT2D eigenvalue weighted by molar-refractivity contribution is 7.98. The molecular weight excluding hydrogens is 436 g/mol. The lowest BCUT2D eigenvalue weighted by Crippen LogP contribution is -2.55. The summed E-state index contributed by atoms with van der Waals surface area (Å²) in [5, 5.41) is 5.98. The highest BCUT2D eigenvalue weighted by atomic mass is 32.2. The topological polar surface area (TPSA) is 83.4 Å². The third-order valence-corrected chi connectivity index (χ3v) is 7.28. The predicted octanol–water partition coefficient (Wildman–Crippen LogP) is 3.35. The number of carbonyl (C=O) groups is 2. The van der Waals surface area contributed by atoms with Crippen LogP contribution in [0.3, 0.4) is 0 Å². The van der Waals surface area contributed by atoms with Crippen LogP contribution in [0, 0.1) is 19.8 Å². The SMILES string of the molecule is CSCCC(NC(=O)N1CC2CC(C1)c1cccc(=O)n1C2)C(=O)Nc1ccc(C)cc1C. The van der Waals surface area contributed by atoms with E-state index in [1.165, 1.54) is 0 Å². The first-order valence-electron chi connectivity index (χ1n) is 11.5. The van der Waals surface area contributed by atoms with Gasteiger partial charge in [0.05, 0.1) is 0 Å². The van der Waals surface area contributed by atoms with Crippen LogP contribution in [0.1, 0.15) is 35.6 Å². The Labute approximate surface area is 198 Å². The number of nitrogens with zero attached hydrogens (tertiary/aromatic N) is 2. The van der Waals surface area contributed by atoms with Crippen LogP contribution in [0.2, 0.25) is 0 Å². The molecule has 3 heterocycles. The summed E-state index contributed by atoms with van der Waals surface area (Å²) in [5.41, 5.74) is 3.93. The van der Waals surface area contributed by atoms with E-state index in [1.807, 2.05) is 53.8 Å². The lowest BCUT2D eigenvalue weighted by Gasteiger charge is -2.43. The van der Waals surface area contributed by atoms with Crippen LogP contribution in [0.25, 0.3) is 0 Å². The molecule has 2 aliphatic heterocycles. The van der Waals surface area contributed by atoms with E-state index in [-0.39, 0.29) is 29.3 Å². The number of anilines is 1. The van der Waals surface area contributed by atoms with E-state index in [9.17, 15) is 14.4 Å². The Morgan fingerprint density at radius 2 is 1.97 bits per heavy atom. The summed E-state index contributed by atoms with van der Waals surface area (Å²) in [4.78, 5) is 40.4. The highest BCUT2D eigenvalue weighted by Crippen LogP contribution is 2.34. The molecule has 33 heavy (non-hydrogen) atoms. The first-order chi connectivity index (χ1) is 15.9. The van der Waals surface area contributed by atoms with Gasteiger partial charge in [-0.1, -0.05) is 23.8 Å². The van der Waals surface area contributed by atoms with Crippen molar-refractivity contribution < 1.29 is 9.59 Å². The second kappa shape index (κ2) is 10.0. The first kappa shape index (κ1) is 23.4. The van der Waals surface area contributed by atoms with Gasteiger partial charge in [-0.15, -0.1) is 0 Å². The van der Waals surface area contributed by atoms with Gasteiger partial charge in [-0.2, -0.15) is 11.8 Å². The smallest absolute Gasteiger partial charge is 0.318 e. The Bertz CT molecular complexity index is 1100. The minimum atomic E-state index is -0.609. The number of urea groups is 1. The van der Waals surface area contributed by atoms with Crippen molar-refractivity contribution in [3.63, 3.8) is 0 Å². The molecule has 176 valence electrons. The zero-order valence-electron chi connectivity index (χ0n) is 19.5. The minimum absolute atomic E-state index is 0.0281. The zero-order chi connectivity index (χ0) is 23.5. The van der Waals surface area contributed by atoms with Crippen LogP contribution in [0.15, 0.2) is 41.2 Å². The standard InChI is InChI=1S/C25H32N4O3S/c1-16-7-8-20(17(2)11-16)26-24(31)21(9-10-33-3)27-25(32)28-13-18-12-19(15-28)22-5-4-6-23(30)29(22)14-18/h4-8,11,18-19,21H,9-10,12-15H2,1-3H3,(H,26,31)(H,27,32). The molecule has 1 aromatic heterocycles. The van der Waals surface area contributed by atoms with Crippen molar-refractivity contribution in [1.82, 2.24) is 14.8 Å². The number of pyridine rings is 1. The lowest BCUT2D eigenvalue weighted by atomic mass is 9.83. The van der Waals surface area contributed by atoms with Crippen molar-refractivity contribution >= 4 is 29.4 Å². The maximum absolute atomic E-state index is 13.2. The van der Waals surface area contributed by atoms with Crippen LogP contribution in [0.4, 0.5) is 10.5 Å². The number of carbonyl (C=O) groups excluding carboxylic acids is 2. The summed E-state index contributed by atoms with van der Waals surface area (Å²) in [6.07, 6.45) is 3.53. The van der Waals surface area contributed by atoms with E-state index in [0.29, 0.717) is 26.1 Å². The van der Waals surface area contributed by atoms with Gasteiger partial charge in [-0.25, -0.2) is 4.79 Å². The van der Waals surface area contributed by atoms with E-state index in [1.54, 1.807) is 23.9 Å². The van der Waals surface area contributed by atoms with Gasteiger partial charge < -0.3 is 20.1 Å². The third-order valence-electron chi connectivity index (χ3n) is 6.63. The molecule has 0 saturated carbocycles. The van der Waals surface area contributed by atoms with Gasteiger partial charge in [0, 0.05) is 43.0 Å². The van der Waals surface area contributed by atoms with E-state index in [4.69, 9.17) is 0 Å². The first-order valence-corrected chi connectivity index (χ1v) is 12.9. The fraction of sp³-hybridized carbons (Fsp3) is 0.480. The van der Waals surface area contributed by atoms with Crippen molar-refractivity contribution in [2.45, 2.75) is 45.2 Å². The molecule has 2 aliphatic rings. The molecule has 7 nitrogen and oxygen atoms in total. The van der Waals surface area contributed by atoms with Crippen LogP contribution in [-0.2, 0) is 11.3 Å². The quantitative estimate of drug-likeness (QED) is 0.681. The number of hydrogen-bond acceptors (Lipinski definition) is 4. The van der Waals surface area contributed by atoms with Crippen LogP contribution in [-0.4, -0.2) is 52.5 Å². The largest absolute Gasteiger partial charge is 0.326 e. The van der Waals surface area contributed by atoms with Crippen molar-refractivity contribution in [2.24, 2.45) is 5.92 Å². The number of piperidine rings is 1. The van der Waals surface area contributed by atoms with Crippen LogP contribution in [0.5, 0.6) is 0 Å². The van der Waals surface area contributed by atoms with Crippen molar-refractivity contribution in [3.05, 3.63) is 63.6 Å². The number of thioether (sulfide) groups is 1. The average molecular weight is 469 g/mol. The van der Waals surface area contributed by atoms with Crippen molar-refractivity contribution in [2.75, 3.05) is 30.4 Å². The molecule has 3 unspecified atom stereocenters. The second-order valence-electron chi connectivity index (χ2n) is 9.19.